The standard InChI is InChI=1S/C12H17F3N2O.ClH/c1-18-8-4-5-9(11(17)3-2-6-16)10(7-8)12(13,14)15;/h4-5,7,11H,2-3,6,16-17H2,1H3;1H/t11-;/m1./s1. The summed E-state index contributed by atoms with van der Waals surface area (Å²) in [4.78, 5) is 0. The first-order valence-electron chi connectivity index (χ1n) is 5.61. The number of halogens is 4. The van der Waals surface area contributed by atoms with Crippen LogP contribution in [0.1, 0.15) is 30.0 Å². The van der Waals surface area contributed by atoms with E-state index in [2.05, 4.69) is 0 Å². The highest BCUT2D eigenvalue weighted by Gasteiger charge is 2.35. The largest absolute Gasteiger partial charge is 0.497 e. The van der Waals surface area contributed by atoms with Crippen molar-refractivity contribution in [2.24, 2.45) is 11.5 Å². The molecule has 1 aromatic carbocycles. The fraction of sp³-hybridized carbons (Fsp3) is 0.500. The third-order valence-corrected chi connectivity index (χ3v) is 2.68. The minimum absolute atomic E-state index is 0. The Kier molecular flexibility index (Phi) is 7.18. The zero-order valence-electron chi connectivity index (χ0n) is 10.5. The smallest absolute Gasteiger partial charge is 0.416 e. The topological polar surface area (TPSA) is 61.3 Å². The van der Waals surface area contributed by atoms with Crippen molar-refractivity contribution in [2.45, 2.75) is 25.1 Å². The van der Waals surface area contributed by atoms with Gasteiger partial charge in [0.1, 0.15) is 5.75 Å². The predicted molar refractivity (Wildman–Crippen MR) is 70.5 cm³/mol. The van der Waals surface area contributed by atoms with Crippen LogP contribution in [0.4, 0.5) is 13.2 Å². The van der Waals surface area contributed by atoms with Gasteiger partial charge in [-0.1, -0.05) is 6.07 Å². The minimum atomic E-state index is -4.44. The van der Waals surface area contributed by atoms with Crippen molar-refractivity contribution in [1.82, 2.24) is 0 Å². The van der Waals surface area contributed by atoms with Crippen molar-refractivity contribution < 1.29 is 17.9 Å². The number of methoxy groups -OCH3 is 1. The fourth-order valence-electron chi connectivity index (χ4n) is 1.72. The Labute approximate surface area is 116 Å². The molecule has 0 aliphatic heterocycles. The van der Waals surface area contributed by atoms with Crippen LogP contribution in [-0.2, 0) is 6.18 Å². The Morgan fingerprint density at radius 3 is 2.42 bits per heavy atom. The molecule has 1 aromatic rings. The van der Waals surface area contributed by atoms with Gasteiger partial charge in [-0.3, -0.25) is 0 Å². The predicted octanol–water partition coefficient (Wildman–Crippen LogP) is 2.87. The van der Waals surface area contributed by atoms with Gasteiger partial charge in [-0.05, 0) is 37.1 Å². The molecule has 19 heavy (non-hydrogen) atoms. The lowest BCUT2D eigenvalue weighted by Gasteiger charge is -2.19. The van der Waals surface area contributed by atoms with E-state index < -0.39 is 17.8 Å². The number of ether oxygens (including phenoxy) is 1. The van der Waals surface area contributed by atoms with Gasteiger partial charge in [0, 0.05) is 6.04 Å². The highest BCUT2D eigenvalue weighted by atomic mass is 35.5. The summed E-state index contributed by atoms with van der Waals surface area (Å²) in [6.45, 7) is 0.408. The van der Waals surface area contributed by atoms with Crippen LogP contribution in [0.5, 0.6) is 5.75 Å². The molecule has 0 radical (unpaired) electrons. The van der Waals surface area contributed by atoms with Gasteiger partial charge >= 0.3 is 6.18 Å². The summed E-state index contributed by atoms with van der Waals surface area (Å²) < 4.78 is 43.5. The first-order valence-corrected chi connectivity index (χ1v) is 5.61. The molecule has 0 saturated carbocycles. The highest BCUT2D eigenvalue weighted by Crippen LogP contribution is 2.37. The molecule has 4 N–H and O–H groups in total. The fourth-order valence-corrected chi connectivity index (χ4v) is 1.72. The maximum Gasteiger partial charge on any atom is 0.416 e. The van der Waals surface area contributed by atoms with Crippen LogP contribution >= 0.6 is 12.4 Å². The molecule has 0 aromatic heterocycles. The van der Waals surface area contributed by atoms with Crippen molar-refractivity contribution in [3.63, 3.8) is 0 Å². The van der Waals surface area contributed by atoms with Gasteiger partial charge in [0.15, 0.2) is 0 Å². The van der Waals surface area contributed by atoms with Gasteiger partial charge in [0.05, 0.1) is 12.7 Å². The second kappa shape index (κ2) is 7.57. The molecule has 3 nitrogen and oxygen atoms in total. The summed E-state index contributed by atoms with van der Waals surface area (Å²) in [7, 11) is 1.32. The quantitative estimate of drug-likeness (QED) is 0.878. The zero-order chi connectivity index (χ0) is 13.8. The van der Waals surface area contributed by atoms with E-state index in [9.17, 15) is 13.2 Å². The summed E-state index contributed by atoms with van der Waals surface area (Å²) in [5.74, 6) is 0.164. The van der Waals surface area contributed by atoms with Crippen molar-refractivity contribution >= 4 is 12.4 Å². The van der Waals surface area contributed by atoms with Gasteiger partial charge in [0.2, 0.25) is 0 Å². The van der Waals surface area contributed by atoms with Gasteiger partial charge in [-0.25, -0.2) is 0 Å². The second-order valence-corrected chi connectivity index (χ2v) is 3.99. The van der Waals surface area contributed by atoms with Gasteiger partial charge in [0.25, 0.3) is 0 Å². The van der Waals surface area contributed by atoms with E-state index in [0.29, 0.717) is 19.4 Å². The molecule has 0 bridgehead atoms. The summed E-state index contributed by atoms with van der Waals surface area (Å²) in [6.07, 6.45) is -3.43. The molecule has 1 atom stereocenters. The van der Waals surface area contributed by atoms with Crippen molar-refractivity contribution in [3.05, 3.63) is 29.3 Å². The number of benzene rings is 1. The van der Waals surface area contributed by atoms with E-state index >= 15 is 0 Å². The average molecular weight is 299 g/mol. The van der Waals surface area contributed by atoms with Gasteiger partial charge in [-0.15, -0.1) is 12.4 Å². The van der Waals surface area contributed by atoms with Crippen molar-refractivity contribution in [2.75, 3.05) is 13.7 Å². The third kappa shape index (κ3) is 4.89. The van der Waals surface area contributed by atoms with E-state index in [1.165, 1.54) is 19.2 Å². The number of alkyl halides is 3. The first-order chi connectivity index (χ1) is 8.40. The number of nitrogens with two attached hydrogens (primary N) is 2. The lowest BCUT2D eigenvalue weighted by atomic mass is 9.97. The highest BCUT2D eigenvalue weighted by molar-refractivity contribution is 5.85. The molecule has 0 saturated heterocycles. The Morgan fingerprint density at radius 1 is 1.32 bits per heavy atom. The van der Waals surface area contributed by atoms with Crippen LogP contribution in [-0.4, -0.2) is 13.7 Å². The van der Waals surface area contributed by atoms with Crippen molar-refractivity contribution in [3.8, 4) is 5.75 Å². The Bertz CT molecular complexity index is 399. The van der Waals surface area contributed by atoms with Crippen LogP contribution in [0, 0.1) is 0 Å². The lowest BCUT2D eigenvalue weighted by molar-refractivity contribution is -0.138. The van der Waals surface area contributed by atoms with Crippen LogP contribution < -0.4 is 16.2 Å². The molecule has 0 heterocycles. The normalized spacial score (nSPS) is 12.7. The van der Waals surface area contributed by atoms with Crippen molar-refractivity contribution in [1.29, 1.82) is 0 Å². The monoisotopic (exact) mass is 298 g/mol. The minimum Gasteiger partial charge on any atom is -0.497 e. The zero-order valence-corrected chi connectivity index (χ0v) is 11.4. The average Bonchev–Trinajstić information content (AvgIpc) is 2.34. The van der Waals surface area contributed by atoms with Crippen LogP contribution in [0.15, 0.2) is 18.2 Å². The maximum absolute atomic E-state index is 12.9. The summed E-state index contributed by atoms with van der Waals surface area (Å²) in [5.41, 5.74) is 10.4. The molecule has 110 valence electrons. The van der Waals surface area contributed by atoms with E-state index in [4.69, 9.17) is 16.2 Å². The maximum atomic E-state index is 12.9. The Hall–Kier alpha value is -0.980. The van der Waals surface area contributed by atoms with E-state index in [-0.39, 0.29) is 23.7 Å². The van der Waals surface area contributed by atoms with Gasteiger partial charge < -0.3 is 16.2 Å². The molecule has 0 aliphatic carbocycles. The van der Waals surface area contributed by atoms with E-state index in [1.807, 2.05) is 0 Å². The van der Waals surface area contributed by atoms with E-state index in [1.54, 1.807) is 0 Å². The summed E-state index contributed by atoms with van der Waals surface area (Å²) in [6, 6.07) is 3.14. The molecule has 7 heteroatoms. The van der Waals surface area contributed by atoms with E-state index in [0.717, 1.165) is 6.07 Å². The molecule has 1 rings (SSSR count). The number of hydrogen-bond acceptors (Lipinski definition) is 3. The third-order valence-electron chi connectivity index (χ3n) is 2.68. The number of hydrogen-bond donors (Lipinski definition) is 2. The summed E-state index contributed by atoms with van der Waals surface area (Å²) in [5, 5.41) is 0. The molecular formula is C12H18ClF3N2O. The van der Waals surface area contributed by atoms with Crippen LogP contribution in [0.2, 0.25) is 0 Å². The lowest BCUT2D eigenvalue weighted by Crippen LogP contribution is -2.18. The molecule has 0 spiro atoms. The SMILES string of the molecule is COc1ccc([C@H](N)CCCN)c(C(F)(F)F)c1.Cl. The molecular weight excluding hydrogens is 281 g/mol. The Balaban J connectivity index is 0.00000324. The molecule has 0 fully saturated rings. The van der Waals surface area contributed by atoms with Crippen LogP contribution in [0.3, 0.4) is 0 Å². The Morgan fingerprint density at radius 2 is 1.95 bits per heavy atom. The number of rotatable bonds is 5. The van der Waals surface area contributed by atoms with Gasteiger partial charge in [-0.2, -0.15) is 13.2 Å². The second-order valence-electron chi connectivity index (χ2n) is 3.99. The molecule has 0 aliphatic rings. The first kappa shape index (κ1) is 18.0. The van der Waals surface area contributed by atoms with Crippen LogP contribution in [0.25, 0.3) is 0 Å². The summed E-state index contributed by atoms with van der Waals surface area (Å²) >= 11 is 0. The molecule has 0 unspecified atom stereocenters. The molecule has 0 amide bonds.